The Bertz CT molecular complexity index is 1120. The van der Waals surface area contributed by atoms with Gasteiger partial charge in [0.2, 0.25) is 15.9 Å². The van der Waals surface area contributed by atoms with Gasteiger partial charge in [0.1, 0.15) is 0 Å². The van der Waals surface area contributed by atoms with Crippen LogP contribution in [0.15, 0.2) is 64.0 Å². The first-order chi connectivity index (χ1) is 14.1. The minimum atomic E-state index is -3.74. The van der Waals surface area contributed by atoms with Crippen LogP contribution < -0.4 is 5.14 Å². The third kappa shape index (κ3) is 5.14. The predicted octanol–water partition coefficient (Wildman–Crippen LogP) is 3.45. The lowest BCUT2D eigenvalue weighted by molar-refractivity contribution is -0.131. The molecule has 0 radical (unpaired) electrons. The third-order valence-electron chi connectivity index (χ3n) is 5.11. The van der Waals surface area contributed by atoms with Crippen molar-refractivity contribution in [2.24, 2.45) is 5.14 Å². The number of nitrogens with zero attached hydrogens (tertiary/aromatic N) is 2. The van der Waals surface area contributed by atoms with Gasteiger partial charge in [0.05, 0.1) is 17.1 Å². The van der Waals surface area contributed by atoms with Crippen LogP contribution >= 0.6 is 0 Å². The van der Waals surface area contributed by atoms with Crippen LogP contribution in [0.1, 0.15) is 36.4 Å². The van der Waals surface area contributed by atoms with Crippen molar-refractivity contribution in [2.75, 3.05) is 7.05 Å². The number of hydrogen-bond acceptors (Lipinski definition) is 5. The van der Waals surface area contributed by atoms with Crippen LogP contribution in [0.4, 0.5) is 0 Å². The molecule has 3 rings (SSSR count). The summed E-state index contributed by atoms with van der Waals surface area (Å²) in [6.07, 6.45) is 2.32. The molecule has 0 aliphatic carbocycles. The van der Waals surface area contributed by atoms with Crippen molar-refractivity contribution in [3.63, 3.8) is 0 Å². The molecule has 3 aromatic rings. The van der Waals surface area contributed by atoms with Crippen molar-refractivity contribution in [3.05, 3.63) is 71.7 Å². The van der Waals surface area contributed by atoms with Gasteiger partial charge in [0.15, 0.2) is 11.7 Å². The second kappa shape index (κ2) is 8.81. The lowest BCUT2D eigenvalue weighted by atomic mass is 10.1. The summed E-state index contributed by atoms with van der Waals surface area (Å²) in [7, 11) is -2.02. The Kier molecular flexibility index (Phi) is 6.38. The number of aryl methyl sites for hydroxylation is 2. The van der Waals surface area contributed by atoms with Crippen LogP contribution in [-0.4, -0.2) is 31.3 Å². The van der Waals surface area contributed by atoms with Gasteiger partial charge in [-0.05, 0) is 31.5 Å². The molecule has 0 unspecified atom stereocenters. The number of primary sulfonamides is 1. The predicted molar refractivity (Wildman–Crippen MR) is 114 cm³/mol. The molecule has 1 atom stereocenters. The van der Waals surface area contributed by atoms with E-state index in [-0.39, 0.29) is 23.3 Å². The Morgan fingerprint density at radius 1 is 1.13 bits per heavy atom. The fraction of sp³-hybridized carbons (Fsp3) is 0.273. The van der Waals surface area contributed by atoms with E-state index >= 15 is 0 Å². The molecule has 8 heteroatoms. The SMILES string of the molecule is Cc1ccc(-c2cnc(CCC(=O)N(C)[C@H](C)c3ccc(S(N)(=O)=O)cc3)o2)cc1. The highest BCUT2D eigenvalue weighted by atomic mass is 32.2. The first-order valence-corrected chi connectivity index (χ1v) is 11.1. The number of sulfonamides is 1. The minimum absolute atomic E-state index is 0.0423. The molecule has 0 saturated carbocycles. The summed E-state index contributed by atoms with van der Waals surface area (Å²) in [5, 5.41) is 5.12. The van der Waals surface area contributed by atoms with Gasteiger partial charge in [0, 0.05) is 25.5 Å². The molecule has 0 saturated heterocycles. The lowest BCUT2D eigenvalue weighted by Gasteiger charge is -2.25. The molecule has 2 N–H and O–H groups in total. The molecule has 0 bridgehead atoms. The second-order valence-corrected chi connectivity index (χ2v) is 8.84. The molecular formula is C22H25N3O4S. The number of oxazole rings is 1. The number of rotatable bonds is 7. The summed E-state index contributed by atoms with van der Waals surface area (Å²) < 4.78 is 28.5. The van der Waals surface area contributed by atoms with Gasteiger partial charge in [0.25, 0.3) is 0 Å². The number of carbonyl (C=O) groups is 1. The van der Waals surface area contributed by atoms with E-state index in [2.05, 4.69) is 4.98 Å². The average Bonchev–Trinajstić information content (AvgIpc) is 3.20. The van der Waals surface area contributed by atoms with Crippen LogP contribution in [0, 0.1) is 6.92 Å². The summed E-state index contributed by atoms with van der Waals surface area (Å²) in [4.78, 5) is 18.6. The summed E-state index contributed by atoms with van der Waals surface area (Å²) >= 11 is 0. The van der Waals surface area contributed by atoms with Crippen LogP contribution in [0.3, 0.4) is 0 Å². The van der Waals surface area contributed by atoms with E-state index in [1.807, 2.05) is 38.1 Å². The zero-order chi connectivity index (χ0) is 21.9. The third-order valence-corrected chi connectivity index (χ3v) is 6.04. The summed E-state index contributed by atoms with van der Waals surface area (Å²) in [6.45, 7) is 3.90. The van der Waals surface area contributed by atoms with Crippen molar-refractivity contribution >= 4 is 15.9 Å². The largest absolute Gasteiger partial charge is 0.441 e. The van der Waals surface area contributed by atoms with E-state index in [1.165, 1.54) is 17.7 Å². The van der Waals surface area contributed by atoms with Crippen molar-refractivity contribution in [2.45, 2.75) is 37.6 Å². The quantitative estimate of drug-likeness (QED) is 0.621. The van der Waals surface area contributed by atoms with E-state index in [0.717, 1.165) is 11.1 Å². The molecular weight excluding hydrogens is 402 g/mol. The van der Waals surface area contributed by atoms with Gasteiger partial charge in [-0.3, -0.25) is 4.79 Å². The molecule has 158 valence electrons. The zero-order valence-corrected chi connectivity index (χ0v) is 18.0. The Morgan fingerprint density at radius 2 is 1.77 bits per heavy atom. The normalized spacial score (nSPS) is 12.5. The van der Waals surface area contributed by atoms with E-state index in [1.54, 1.807) is 30.3 Å². The van der Waals surface area contributed by atoms with Crippen molar-refractivity contribution < 1.29 is 17.6 Å². The molecule has 0 fully saturated rings. The van der Waals surface area contributed by atoms with Gasteiger partial charge >= 0.3 is 0 Å². The highest BCUT2D eigenvalue weighted by Gasteiger charge is 2.19. The van der Waals surface area contributed by atoms with Gasteiger partial charge in [-0.15, -0.1) is 0 Å². The molecule has 7 nitrogen and oxygen atoms in total. The topological polar surface area (TPSA) is 106 Å². The number of amides is 1. The van der Waals surface area contributed by atoms with Gasteiger partial charge in [-0.2, -0.15) is 0 Å². The Balaban J connectivity index is 1.60. The molecule has 0 aliphatic rings. The highest BCUT2D eigenvalue weighted by molar-refractivity contribution is 7.89. The van der Waals surface area contributed by atoms with Crippen molar-refractivity contribution in [1.29, 1.82) is 0 Å². The van der Waals surface area contributed by atoms with Crippen LogP contribution in [0.2, 0.25) is 0 Å². The number of hydrogen-bond donors (Lipinski definition) is 1. The summed E-state index contributed by atoms with van der Waals surface area (Å²) in [6, 6.07) is 14.0. The van der Waals surface area contributed by atoms with E-state index in [0.29, 0.717) is 18.1 Å². The first kappa shape index (κ1) is 21.7. The number of benzene rings is 2. The standard InChI is InChI=1S/C22H25N3O4S/c1-15-4-6-18(7-5-15)20-14-24-21(29-20)12-13-22(26)25(3)16(2)17-8-10-19(11-9-17)30(23,27)28/h4-11,14,16H,12-13H2,1-3H3,(H2,23,27,28)/t16-/m1/s1. The molecule has 30 heavy (non-hydrogen) atoms. The van der Waals surface area contributed by atoms with Gasteiger partial charge < -0.3 is 9.32 Å². The summed E-state index contributed by atoms with van der Waals surface area (Å²) in [5.41, 5.74) is 2.93. The van der Waals surface area contributed by atoms with Crippen LogP contribution in [0.25, 0.3) is 11.3 Å². The molecule has 1 amide bonds. The molecule has 1 aromatic heterocycles. The maximum absolute atomic E-state index is 12.6. The average molecular weight is 428 g/mol. The van der Waals surface area contributed by atoms with E-state index in [4.69, 9.17) is 9.56 Å². The second-order valence-electron chi connectivity index (χ2n) is 7.28. The maximum Gasteiger partial charge on any atom is 0.238 e. The maximum atomic E-state index is 12.6. The summed E-state index contributed by atoms with van der Waals surface area (Å²) in [5.74, 6) is 1.12. The van der Waals surface area contributed by atoms with Gasteiger partial charge in [-0.25, -0.2) is 18.5 Å². The zero-order valence-electron chi connectivity index (χ0n) is 17.2. The monoisotopic (exact) mass is 427 g/mol. The molecule has 2 aromatic carbocycles. The Morgan fingerprint density at radius 3 is 2.37 bits per heavy atom. The van der Waals surface area contributed by atoms with Crippen LogP contribution in [0.5, 0.6) is 0 Å². The van der Waals surface area contributed by atoms with E-state index < -0.39 is 10.0 Å². The molecule has 0 spiro atoms. The molecule has 0 aliphatic heterocycles. The Labute approximate surface area is 176 Å². The van der Waals surface area contributed by atoms with E-state index in [9.17, 15) is 13.2 Å². The highest BCUT2D eigenvalue weighted by Crippen LogP contribution is 2.23. The first-order valence-electron chi connectivity index (χ1n) is 9.55. The number of aromatic nitrogens is 1. The fourth-order valence-electron chi connectivity index (χ4n) is 3.04. The molecule has 1 heterocycles. The number of carbonyl (C=O) groups excluding carboxylic acids is 1. The van der Waals surface area contributed by atoms with Crippen LogP contribution in [-0.2, 0) is 21.2 Å². The number of nitrogens with two attached hydrogens (primary N) is 1. The smallest absolute Gasteiger partial charge is 0.238 e. The minimum Gasteiger partial charge on any atom is -0.441 e. The Hall–Kier alpha value is -2.97. The fourth-order valence-corrected chi connectivity index (χ4v) is 3.56. The van der Waals surface area contributed by atoms with Gasteiger partial charge in [-0.1, -0.05) is 42.0 Å². The van der Waals surface area contributed by atoms with Crippen molar-refractivity contribution in [3.8, 4) is 11.3 Å². The van der Waals surface area contributed by atoms with Crippen molar-refractivity contribution in [1.82, 2.24) is 9.88 Å². The lowest BCUT2D eigenvalue weighted by Crippen LogP contribution is -2.29.